The van der Waals surface area contributed by atoms with E-state index in [0.717, 1.165) is 0 Å². The van der Waals surface area contributed by atoms with E-state index in [4.69, 9.17) is 13.7 Å². The monoisotopic (exact) mass is 403 g/mol. The van der Waals surface area contributed by atoms with E-state index in [1.807, 2.05) is 0 Å². The van der Waals surface area contributed by atoms with Gasteiger partial charge < -0.3 is 0 Å². The molecule has 1 heterocycles. The normalized spacial score (nSPS) is 13.1. The van der Waals surface area contributed by atoms with Crippen LogP contribution in [0.15, 0.2) is 12.1 Å². The first-order valence-electron chi connectivity index (χ1n) is 6.58. The van der Waals surface area contributed by atoms with Gasteiger partial charge in [-0.15, -0.1) is 0 Å². The van der Waals surface area contributed by atoms with E-state index in [9.17, 15) is 25.3 Å². The van der Waals surface area contributed by atoms with Crippen LogP contribution in [0.4, 0.5) is 0 Å². The highest BCUT2D eigenvalue weighted by molar-refractivity contribution is 7.86. The van der Waals surface area contributed by atoms with Gasteiger partial charge in [0.1, 0.15) is 0 Å². The topological polar surface area (TPSA) is 176 Å². The van der Waals surface area contributed by atoms with Crippen molar-refractivity contribution in [3.05, 3.63) is 29.1 Å². The zero-order valence-electron chi connectivity index (χ0n) is 12.4. The van der Waals surface area contributed by atoms with Gasteiger partial charge in [-0.3, -0.25) is 18.6 Å². The summed E-state index contributed by atoms with van der Waals surface area (Å²) in [5, 5.41) is 0. The summed E-state index contributed by atoms with van der Waals surface area (Å²) in [6, 6.07) is 2.79. The van der Waals surface area contributed by atoms with Crippen LogP contribution < -0.4 is 0 Å². The van der Waals surface area contributed by atoms with Crippen LogP contribution in [-0.4, -0.2) is 61.2 Å². The van der Waals surface area contributed by atoms with E-state index >= 15 is 0 Å². The number of aryl methyl sites for hydroxylation is 3. The molecule has 0 spiro atoms. The Balaban J connectivity index is 3.03. The van der Waals surface area contributed by atoms with E-state index in [-0.39, 0.29) is 30.7 Å². The molecule has 0 unspecified atom stereocenters. The van der Waals surface area contributed by atoms with E-state index < -0.39 is 47.6 Å². The lowest BCUT2D eigenvalue weighted by Gasteiger charge is -2.08. The molecule has 138 valence electrons. The van der Waals surface area contributed by atoms with Gasteiger partial charge in [0.2, 0.25) is 0 Å². The molecule has 1 rings (SSSR count). The van der Waals surface area contributed by atoms with Crippen LogP contribution in [0.25, 0.3) is 0 Å². The van der Waals surface area contributed by atoms with Gasteiger partial charge >= 0.3 is 0 Å². The molecule has 3 N–H and O–H groups in total. The number of hydrogen-bond donors (Lipinski definition) is 3. The molecule has 1 aromatic heterocycles. The van der Waals surface area contributed by atoms with Gasteiger partial charge in [0, 0.05) is 24.2 Å². The molecule has 0 saturated heterocycles. The van der Waals surface area contributed by atoms with Crippen molar-refractivity contribution >= 4 is 30.4 Å². The number of rotatable bonds is 9. The molecule has 24 heavy (non-hydrogen) atoms. The van der Waals surface area contributed by atoms with Gasteiger partial charge in [0.25, 0.3) is 30.4 Å². The summed E-state index contributed by atoms with van der Waals surface area (Å²) < 4.78 is 91.1. The minimum Gasteiger partial charge on any atom is -0.286 e. The Morgan fingerprint density at radius 1 is 0.667 bits per heavy atom. The molecule has 0 saturated carbocycles. The smallest absolute Gasteiger partial charge is 0.265 e. The zero-order chi connectivity index (χ0) is 18.6. The summed E-state index contributed by atoms with van der Waals surface area (Å²) in [4.78, 5) is 4.02. The number of nitrogens with zero attached hydrogens (tertiary/aromatic N) is 1. The number of pyridine rings is 1. The Labute approximate surface area is 140 Å². The standard InChI is InChI=1S/C11H17NO9S3/c13-22(14,15)4-1-9-7-10(2-5-23(16,17)18)12-11(8-9)3-6-24(19,20)21/h7-8H,1-6H2,(H,13,14,15)(H,16,17,18)(H,19,20,21). The van der Waals surface area contributed by atoms with Crippen molar-refractivity contribution < 1.29 is 38.9 Å². The van der Waals surface area contributed by atoms with Gasteiger partial charge in [-0.2, -0.15) is 25.3 Å². The highest BCUT2D eigenvalue weighted by Crippen LogP contribution is 2.11. The number of aromatic nitrogens is 1. The summed E-state index contributed by atoms with van der Waals surface area (Å²) in [6.07, 6.45) is -0.437. The molecule has 1 aromatic rings. The Morgan fingerprint density at radius 3 is 1.33 bits per heavy atom. The van der Waals surface area contributed by atoms with Crippen molar-refractivity contribution in [1.82, 2.24) is 4.98 Å². The van der Waals surface area contributed by atoms with Crippen LogP contribution in [0.1, 0.15) is 17.0 Å². The molecule has 13 heteroatoms. The third-order valence-electron chi connectivity index (χ3n) is 2.87. The summed E-state index contributed by atoms with van der Waals surface area (Å²) in [6.45, 7) is 0. The molecule has 0 amide bonds. The maximum absolute atomic E-state index is 10.8. The van der Waals surface area contributed by atoms with Crippen molar-refractivity contribution in [2.45, 2.75) is 19.3 Å². The van der Waals surface area contributed by atoms with Crippen LogP contribution in [0.5, 0.6) is 0 Å². The minimum atomic E-state index is -4.23. The maximum Gasteiger partial charge on any atom is 0.265 e. The molecule has 0 atom stereocenters. The molecule has 0 aromatic carbocycles. The molecule has 0 aliphatic rings. The molecular weight excluding hydrogens is 386 g/mol. The quantitative estimate of drug-likeness (QED) is 0.450. The van der Waals surface area contributed by atoms with Crippen molar-refractivity contribution in [2.24, 2.45) is 0 Å². The predicted molar refractivity (Wildman–Crippen MR) is 84.6 cm³/mol. The third-order valence-corrected chi connectivity index (χ3v) is 5.03. The summed E-state index contributed by atoms with van der Waals surface area (Å²) in [7, 11) is -12.7. The van der Waals surface area contributed by atoms with Gasteiger partial charge in [-0.25, -0.2) is 0 Å². The Kier molecular flexibility index (Phi) is 6.84. The van der Waals surface area contributed by atoms with Crippen molar-refractivity contribution in [2.75, 3.05) is 17.3 Å². The molecule has 0 aliphatic heterocycles. The Morgan fingerprint density at radius 2 is 1.00 bits per heavy atom. The lowest BCUT2D eigenvalue weighted by molar-refractivity contribution is 0.480. The van der Waals surface area contributed by atoms with E-state index in [2.05, 4.69) is 4.98 Å². The second-order valence-electron chi connectivity index (χ2n) is 5.07. The van der Waals surface area contributed by atoms with Gasteiger partial charge in [-0.1, -0.05) is 0 Å². The lowest BCUT2D eigenvalue weighted by atomic mass is 10.1. The molecule has 0 radical (unpaired) electrons. The van der Waals surface area contributed by atoms with Crippen LogP contribution >= 0.6 is 0 Å². The molecule has 0 fully saturated rings. The minimum absolute atomic E-state index is 0.0981. The molecule has 0 bridgehead atoms. The average Bonchev–Trinajstić information content (AvgIpc) is 2.38. The Bertz CT molecular complexity index is 757. The zero-order valence-corrected chi connectivity index (χ0v) is 14.8. The average molecular weight is 403 g/mol. The van der Waals surface area contributed by atoms with Crippen molar-refractivity contribution in [3.63, 3.8) is 0 Å². The molecule has 10 nitrogen and oxygen atoms in total. The van der Waals surface area contributed by atoms with Crippen molar-refractivity contribution in [1.29, 1.82) is 0 Å². The SMILES string of the molecule is O=S(=O)(O)CCc1cc(CCS(=O)(=O)O)nc(CCS(=O)(=O)O)c1. The van der Waals surface area contributed by atoms with E-state index in [0.29, 0.717) is 5.56 Å². The van der Waals surface area contributed by atoms with E-state index in [1.165, 1.54) is 12.1 Å². The van der Waals surface area contributed by atoms with Crippen LogP contribution in [0.2, 0.25) is 0 Å². The lowest BCUT2D eigenvalue weighted by Crippen LogP contribution is -2.12. The van der Waals surface area contributed by atoms with Crippen LogP contribution in [0.3, 0.4) is 0 Å². The van der Waals surface area contributed by atoms with Crippen LogP contribution in [-0.2, 0) is 49.6 Å². The first-order valence-corrected chi connectivity index (χ1v) is 11.4. The van der Waals surface area contributed by atoms with Crippen LogP contribution in [0, 0.1) is 0 Å². The maximum atomic E-state index is 10.8. The first-order chi connectivity index (χ1) is 10.7. The Hall–Kier alpha value is -1.12. The second kappa shape index (κ2) is 7.84. The summed E-state index contributed by atoms with van der Waals surface area (Å²) in [5.74, 6) is -1.80. The fraction of sp³-hybridized carbons (Fsp3) is 0.545. The fourth-order valence-electron chi connectivity index (χ4n) is 1.83. The fourth-order valence-corrected chi connectivity index (χ4v) is 3.26. The van der Waals surface area contributed by atoms with Gasteiger partial charge in [0.05, 0.1) is 17.3 Å². The predicted octanol–water partition coefficient (Wildman–Crippen LogP) is -0.627. The highest BCUT2D eigenvalue weighted by Gasteiger charge is 2.12. The summed E-state index contributed by atoms with van der Waals surface area (Å²) in [5.41, 5.74) is 0.787. The van der Waals surface area contributed by atoms with Crippen molar-refractivity contribution in [3.8, 4) is 0 Å². The third kappa shape index (κ3) is 9.89. The molecule has 0 aliphatic carbocycles. The van der Waals surface area contributed by atoms with Gasteiger partial charge in [0.15, 0.2) is 0 Å². The van der Waals surface area contributed by atoms with Gasteiger partial charge in [-0.05, 0) is 24.1 Å². The molecular formula is C11H17NO9S3. The summed E-state index contributed by atoms with van der Waals surface area (Å²) >= 11 is 0. The van der Waals surface area contributed by atoms with E-state index in [1.54, 1.807) is 0 Å². The number of hydrogen-bond acceptors (Lipinski definition) is 7. The second-order valence-corrected chi connectivity index (χ2v) is 9.78. The highest BCUT2D eigenvalue weighted by atomic mass is 32.2. The first kappa shape index (κ1) is 20.9. The largest absolute Gasteiger partial charge is 0.286 e.